The van der Waals surface area contributed by atoms with Crippen molar-refractivity contribution in [2.45, 2.75) is 18.2 Å². The van der Waals surface area contributed by atoms with Gasteiger partial charge >= 0.3 is 0 Å². The zero-order valence-electron chi connectivity index (χ0n) is 13.4. The summed E-state index contributed by atoms with van der Waals surface area (Å²) in [6, 6.07) is 16.1. The van der Waals surface area contributed by atoms with Crippen molar-refractivity contribution in [1.82, 2.24) is 10.3 Å². The number of H-pyrrole nitrogens is 1. The molecule has 1 amide bonds. The summed E-state index contributed by atoms with van der Waals surface area (Å²) in [4.78, 5) is 16.1. The Labute approximate surface area is 150 Å². The van der Waals surface area contributed by atoms with Gasteiger partial charge in [0.05, 0.1) is 5.69 Å². The molecule has 0 aliphatic carbocycles. The van der Waals surface area contributed by atoms with Gasteiger partial charge in [-0.2, -0.15) is 0 Å². The van der Waals surface area contributed by atoms with Crippen molar-refractivity contribution < 1.29 is 4.79 Å². The number of para-hydroxylation sites is 1. The van der Waals surface area contributed by atoms with Gasteiger partial charge in [0, 0.05) is 39.5 Å². The van der Waals surface area contributed by atoms with Crippen LogP contribution in [0.4, 0.5) is 0 Å². The van der Waals surface area contributed by atoms with Crippen LogP contribution in [0.3, 0.4) is 0 Å². The number of aromatic nitrogens is 1. The Balaban J connectivity index is 1.88. The fourth-order valence-corrected chi connectivity index (χ4v) is 3.74. The zero-order chi connectivity index (χ0) is 16.9. The molecule has 0 bridgehead atoms. The van der Waals surface area contributed by atoms with Gasteiger partial charge in [-0.05, 0) is 23.8 Å². The summed E-state index contributed by atoms with van der Waals surface area (Å²) >= 11 is 7.76. The number of halogens is 1. The molecule has 5 heteroatoms. The molecule has 24 heavy (non-hydrogen) atoms. The molecule has 0 saturated carbocycles. The lowest BCUT2D eigenvalue weighted by molar-refractivity contribution is -0.120. The van der Waals surface area contributed by atoms with Crippen molar-refractivity contribution in [3.63, 3.8) is 0 Å². The zero-order valence-corrected chi connectivity index (χ0v) is 15.0. The maximum absolute atomic E-state index is 11.4. The number of carbonyl (C=O) groups excluding carboxylic acids is 1. The first kappa shape index (κ1) is 16.9. The van der Waals surface area contributed by atoms with Gasteiger partial charge in [0.15, 0.2) is 0 Å². The van der Waals surface area contributed by atoms with Crippen LogP contribution in [-0.2, 0) is 4.79 Å². The summed E-state index contributed by atoms with van der Waals surface area (Å²) in [5, 5.41) is 4.85. The number of benzene rings is 2. The van der Waals surface area contributed by atoms with E-state index in [0.717, 1.165) is 27.5 Å². The summed E-state index contributed by atoms with van der Waals surface area (Å²) in [6.45, 7) is 2.53. The van der Waals surface area contributed by atoms with E-state index in [1.54, 1.807) is 11.8 Å². The van der Waals surface area contributed by atoms with Gasteiger partial charge in [-0.25, -0.2) is 0 Å². The third-order valence-corrected chi connectivity index (χ3v) is 5.16. The van der Waals surface area contributed by atoms with Crippen molar-refractivity contribution in [2.24, 2.45) is 0 Å². The van der Waals surface area contributed by atoms with Crippen LogP contribution in [0.2, 0.25) is 5.02 Å². The van der Waals surface area contributed by atoms with E-state index in [1.165, 1.54) is 10.3 Å². The maximum atomic E-state index is 11.4. The monoisotopic (exact) mass is 358 g/mol. The molecule has 0 spiro atoms. The van der Waals surface area contributed by atoms with E-state index in [4.69, 9.17) is 11.6 Å². The molecular weight excluding hydrogens is 340 g/mol. The highest BCUT2D eigenvalue weighted by molar-refractivity contribution is 7.99. The summed E-state index contributed by atoms with van der Waals surface area (Å²) in [6.07, 6.45) is 0.522. The molecule has 2 aromatic carbocycles. The molecule has 3 nitrogen and oxygen atoms in total. The van der Waals surface area contributed by atoms with Gasteiger partial charge in [-0.1, -0.05) is 48.9 Å². The Hall–Kier alpha value is -1.91. The van der Waals surface area contributed by atoms with E-state index >= 15 is 0 Å². The van der Waals surface area contributed by atoms with E-state index in [-0.39, 0.29) is 5.91 Å². The maximum Gasteiger partial charge on any atom is 0.219 e. The topological polar surface area (TPSA) is 44.9 Å². The van der Waals surface area contributed by atoms with E-state index in [2.05, 4.69) is 22.4 Å². The molecule has 0 saturated heterocycles. The number of nitrogens with one attached hydrogen (secondary N) is 2. The molecule has 0 unspecified atom stereocenters. The van der Waals surface area contributed by atoms with Crippen molar-refractivity contribution in [2.75, 3.05) is 12.3 Å². The predicted molar refractivity (Wildman–Crippen MR) is 103 cm³/mol. The minimum atomic E-state index is 0.0902. The van der Waals surface area contributed by atoms with Gasteiger partial charge in [0.1, 0.15) is 0 Å². The molecule has 0 radical (unpaired) electrons. The summed E-state index contributed by atoms with van der Waals surface area (Å²) in [5.74, 6) is 0.918. The first-order valence-electron chi connectivity index (χ1n) is 7.95. The molecule has 3 aromatic rings. The minimum absolute atomic E-state index is 0.0902. The smallest absolute Gasteiger partial charge is 0.219 e. The van der Waals surface area contributed by atoms with E-state index in [1.807, 2.05) is 43.3 Å². The van der Waals surface area contributed by atoms with Gasteiger partial charge in [0.25, 0.3) is 0 Å². The van der Waals surface area contributed by atoms with Crippen LogP contribution < -0.4 is 5.32 Å². The van der Waals surface area contributed by atoms with E-state index < -0.39 is 0 Å². The third-order valence-electron chi connectivity index (χ3n) is 3.78. The Morgan fingerprint density at radius 3 is 2.67 bits per heavy atom. The minimum Gasteiger partial charge on any atom is -0.355 e. The van der Waals surface area contributed by atoms with Crippen molar-refractivity contribution >= 4 is 40.2 Å². The number of fused-ring (bicyclic) bond motifs is 1. The van der Waals surface area contributed by atoms with Gasteiger partial charge in [-0.3, -0.25) is 4.79 Å². The number of amides is 1. The average molecular weight is 359 g/mol. The second-order valence-electron chi connectivity index (χ2n) is 5.43. The predicted octanol–water partition coefficient (Wildman–Crippen LogP) is 5.11. The molecule has 1 heterocycles. The number of carbonyl (C=O) groups is 1. The highest BCUT2D eigenvalue weighted by atomic mass is 35.5. The van der Waals surface area contributed by atoms with E-state index in [0.29, 0.717) is 13.0 Å². The van der Waals surface area contributed by atoms with Gasteiger partial charge in [0.2, 0.25) is 5.91 Å². The van der Waals surface area contributed by atoms with Crippen LogP contribution in [0.1, 0.15) is 13.3 Å². The summed E-state index contributed by atoms with van der Waals surface area (Å²) < 4.78 is 0. The third kappa shape index (κ3) is 3.77. The average Bonchev–Trinajstić information content (AvgIpc) is 2.98. The first-order chi connectivity index (χ1) is 11.7. The number of hydrogen-bond donors (Lipinski definition) is 2. The van der Waals surface area contributed by atoms with Gasteiger partial charge in [-0.15, -0.1) is 11.8 Å². The van der Waals surface area contributed by atoms with Crippen molar-refractivity contribution in [1.29, 1.82) is 0 Å². The fraction of sp³-hybridized carbons (Fsp3) is 0.211. The molecule has 0 aliphatic rings. The van der Waals surface area contributed by atoms with Crippen LogP contribution >= 0.6 is 23.4 Å². The lowest BCUT2D eigenvalue weighted by atomic mass is 10.1. The Morgan fingerprint density at radius 2 is 1.92 bits per heavy atom. The highest BCUT2D eigenvalue weighted by Crippen LogP contribution is 2.37. The van der Waals surface area contributed by atoms with Crippen LogP contribution in [0.25, 0.3) is 22.2 Å². The van der Waals surface area contributed by atoms with E-state index in [9.17, 15) is 4.79 Å². The van der Waals surface area contributed by atoms with Gasteiger partial charge < -0.3 is 10.3 Å². The van der Waals surface area contributed by atoms with Crippen molar-refractivity contribution in [3.05, 3.63) is 53.6 Å². The first-order valence-corrected chi connectivity index (χ1v) is 9.31. The molecule has 2 N–H and O–H groups in total. The quantitative estimate of drug-likeness (QED) is 0.475. The Kier molecular flexibility index (Phi) is 5.48. The molecule has 0 fully saturated rings. The fourth-order valence-electron chi connectivity index (χ4n) is 2.55. The number of aromatic amines is 1. The SMILES string of the molecule is CCC(=O)NCCSc1c(-c2ccc(Cl)cc2)[nH]c2ccccc12. The van der Waals surface area contributed by atoms with Crippen LogP contribution in [0, 0.1) is 0 Å². The van der Waals surface area contributed by atoms with Crippen LogP contribution in [-0.4, -0.2) is 23.2 Å². The highest BCUT2D eigenvalue weighted by Gasteiger charge is 2.13. The van der Waals surface area contributed by atoms with Crippen molar-refractivity contribution in [3.8, 4) is 11.3 Å². The normalized spacial score (nSPS) is 10.9. The molecule has 124 valence electrons. The Bertz CT molecular complexity index is 842. The number of thioether (sulfide) groups is 1. The lowest BCUT2D eigenvalue weighted by Gasteiger charge is -2.06. The molecule has 0 aliphatic heterocycles. The van der Waals surface area contributed by atoms with Crippen LogP contribution in [0.15, 0.2) is 53.4 Å². The Morgan fingerprint density at radius 1 is 1.17 bits per heavy atom. The largest absolute Gasteiger partial charge is 0.355 e. The van der Waals surface area contributed by atoms with Crippen LogP contribution in [0.5, 0.6) is 0 Å². The molecular formula is C19H19ClN2OS. The lowest BCUT2D eigenvalue weighted by Crippen LogP contribution is -2.24. The molecule has 3 rings (SSSR count). The molecule has 0 atom stereocenters. The summed E-state index contributed by atoms with van der Waals surface area (Å²) in [7, 11) is 0. The summed E-state index contributed by atoms with van der Waals surface area (Å²) in [5.41, 5.74) is 3.32. The second kappa shape index (κ2) is 7.77. The number of hydrogen-bond acceptors (Lipinski definition) is 2. The standard InChI is InChI=1S/C19H19ClN2OS/c1-2-17(23)21-11-12-24-19-15-5-3-4-6-16(15)22-18(19)13-7-9-14(20)10-8-13/h3-10,22H,2,11-12H2,1H3,(H,21,23). The number of rotatable bonds is 6. The second-order valence-corrected chi connectivity index (χ2v) is 6.98. The molecule has 1 aromatic heterocycles.